The number of hydrogen-bond donors (Lipinski definition) is 3. The van der Waals surface area contributed by atoms with Gasteiger partial charge in [-0.3, -0.25) is 9.89 Å². The lowest BCUT2D eigenvalue weighted by Gasteiger charge is -2.16. The van der Waals surface area contributed by atoms with E-state index in [9.17, 15) is 9.90 Å². The zero-order valence-electron chi connectivity index (χ0n) is 18.0. The second kappa shape index (κ2) is 11.3. The Morgan fingerprint density at radius 2 is 1.94 bits per heavy atom. The number of H-pyrrole nitrogens is 1. The lowest BCUT2D eigenvalue weighted by Crippen LogP contribution is -2.26. The van der Waals surface area contributed by atoms with Crippen molar-refractivity contribution in [3.63, 3.8) is 0 Å². The predicted molar refractivity (Wildman–Crippen MR) is 120 cm³/mol. The van der Waals surface area contributed by atoms with E-state index >= 15 is 0 Å². The van der Waals surface area contributed by atoms with Gasteiger partial charge < -0.3 is 20.1 Å². The quantitative estimate of drug-likeness (QED) is 0.414. The summed E-state index contributed by atoms with van der Waals surface area (Å²) in [6, 6.07) is 19.1. The Bertz CT molecular complexity index is 941. The summed E-state index contributed by atoms with van der Waals surface area (Å²) in [6.45, 7) is 4.13. The molecule has 0 aliphatic heterocycles. The first-order valence-electron chi connectivity index (χ1n) is 10.5. The number of nitrogens with zero attached hydrogens (tertiary/aromatic N) is 2. The van der Waals surface area contributed by atoms with Crippen LogP contribution in [-0.2, 0) is 13.0 Å². The molecule has 0 saturated heterocycles. The Hall–Kier alpha value is -3.16. The minimum absolute atomic E-state index is 0.0526. The summed E-state index contributed by atoms with van der Waals surface area (Å²) >= 11 is 0. The number of rotatable bonds is 11. The SMILES string of the molecule is CCOc1cc(CN(C)C(=O)c2ccc(CCNCC(O)c3ccccc3)cc2)[nH]n1. The van der Waals surface area contributed by atoms with Crippen LogP contribution in [0.4, 0.5) is 0 Å². The standard InChI is InChI=1S/C24H30N4O3/c1-3-31-23-15-21(26-27-23)17-28(2)24(30)20-11-9-18(10-12-20)13-14-25-16-22(29)19-7-5-4-6-8-19/h4-12,15,22,25,29H,3,13-14,16-17H2,1-2H3,(H,26,27). The monoisotopic (exact) mass is 422 g/mol. The topological polar surface area (TPSA) is 90.5 Å². The van der Waals surface area contributed by atoms with Crippen LogP contribution in [0.3, 0.4) is 0 Å². The van der Waals surface area contributed by atoms with E-state index in [1.165, 1.54) is 0 Å². The van der Waals surface area contributed by atoms with Gasteiger partial charge in [-0.15, -0.1) is 5.10 Å². The molecular formula is C24H30N4O3. The number of nitrogens with one attached hydrogen (secondary N) is 2. The van der Waals surface area contributed by atoms with Gasteiger partial charge in [0, 0.05) is 25.2 Å². The summed E-state index contributed by atoms with van der Waals surface area (Å²) in [6.07, 6.45) is 0.302. The highest BCUT2D eigenvalue weighted by Gasteiger charge is 2.14. The van der Waals surface area contributed by atoms with Gasteiger partial charge in [0.2, 0.25) is 5.88 Å². The number of carbonyl (C=O) groups excluding carboxylic acids is 1. The molecule has 1 aromatic heterocycles. The van der Waals surface area contributed by atoms with Crippen molar-refractivity contribution in [1.29, 1.82) is 0 Å². The van der Waals surface area contributed by atoms with Gasteiger partial charge in [-0.2, -0.15) is 0 Å². The van der Waals surface area contributed by atoms with E-state index < -0.39 is 6.10 Å². The number of carbonyl (C=O) groups is 1. The second-order valence-corrected chi connectivity index (χ2v) is 7.40. The van der Waals surface area contributed by atoms with Crippen molar-refractivity contribution >= 4 is 5.91 Å². The highest BCUT2D eigenvalue weighted by Crippen LogP contribution is 2.13. The Morgan fingerprint density at radius 1 is 1.19 bits per heavy atom. The van der Waals surface area contributed by atoms with Gasteiger partial charge in [0.1, 0.15) is 0 Å². The Labute approximate surface area is 183 Å². The largest absolute Gasteiger partial charge is 0.477 e. The van der Waals surface area contributed by atoms with Gasteiger partial charge in [0.05, 0.1) is 24.9 Å². The third-order valence-corrected chi connectivity index (χ3v) is 4.97. The number of ether oxygens (including phenoxy) is 1. The van der Waals surface area contributed by atoms with Gasteiger partial charge in [-0.1, -0.05) is 42.5 Å². The van der Waals surface area contributed by atoms with Gasteiger partial charge in [-0.25, -0.2) is 0 Å². The maximum absolute atomic E-state index is 12.7. The van der Waals surface area contributed by atoms with Crippen LogP contribution < -0.4 is 10.1 Å². The van der Waals surface area contributed by atoms with Gasteiger partial charge in [0.25, 0.3) is 5.91 Å². The van der Waals surface area contributed by atoms with Crippen molar-refractivity contribution in [3.8, 4) is 5.88 Å². The molecule has 31 heavy (non-hydrogen) atoms. The molecule has 1 atom stereocenters. The molecule has 7 nitrogen and oxygen atoms in total. The zero-order valence-corrected chi connectivity index (χ0v) is 18.0. The van der Waals surface area contributed by atoms with Crippen molar-refractivity contribution in [3.05, 3.63) is 83.0 Å². The maximum Gasteiger partial charge on any atom is 0.253 e. The number of amides is 1. The van der Waals surface area contributed by atoms with Crippen LogP contribution in [0, 0.1) is 0 Å². The first-order chi connectivity index (χ1) is 15.1. The van der Waals surface area contributed by atoms with E-state index in [0.29, 0.717) is 31.1 Å². The maximum atomic E-state index is 12.7. The number of aliphatic hydroxyl groups is 1. The Balaban J connectivity index is 1.43. The van der Waals surface area contributed by atoms with Gasteiger partial charge in [-0.05, 0) is 43.1 Å². The average Bonchev–Trinajstić information content (AvgIpc) is 3.24. The summed E-state index contributed by atoms with van der Waals surface area (Å²) in [5, 5.41) is 20.4. The molecule has 164 valence electrons. The normalized spacial score (nSPS) is 11.8. The lowest BCUT2D eigenvalue weighted by atomic mass is 10.1. The lowest BCUT2D eigenvalue weighted by molar-refractivity contribution is 0.0783. The second-order valence-electron chi connectivity index (χ2n) is 7.40. The van der Waals surface area contributed by atoms with E-state index in [1.807, 2.05) is 61.5 Å². The first-order valence-corrected chi connectivity index (χ1v) is 10.5. The number of aromatic amines is 1. The Kier molecular flexibility index (Phi) is 8.20. The highest BCUT2D eigenvalue weighted by atomic mass is 16.5. The van der Waals surface area contributed by atoms with Crippen molar-refractivity contribution in [1.82, 2.24) is 20.4 Å². The molecule has 1 heterocycles. The molecule has 0 aliphatic carbocycles. The van der Waals surface area contributed by atoms with Crippen LogP contribution in [0.15, 0.2) is 60.7 Å². The molecule has 1 amide bonds. The van der Waals surface area contributed by atoms with E-state index in [-0.39, 0.29) is 5.91 Å². The van der Waals surface area contributed by atoms with Gasteiger partial charge >= 0.3 is 0 Å². The minimum atomic E-state index is -0.517. The summed E-state index contributed by atoms with van der Waals surface area (Å²) in [7, 11) is 1.76. The fourth-order valence-electron chi connectivity index (χ4n) is 3.27. The third kappa shape index (κ3) is 6.67. The van der Waals surface area contributed by atoms with Gasteiger partial charge in [0.15, 0.2) is 0 Å². The van der Waals surface area contributed by atoms with Crippen LogP contribution in [-0.4, -0.2) is 52.9 Å². The van der Waals surface area contributed by atoms with Crippen LogP contribution in [0.2, 0.25) is 0 Å². The molecule has 2 aromatic carbocycles. The number of aromatic nitrogens is 2. The highest BCUT2D eigenvalue weighted by molar-refractivity contribution is 5.94. The van der Waals surface area contributed by atoms with E-state index in [0.717, 1.165) is 29.8 Å². The molecule has 0 bridgehead atoms. The molecule has 0 saturated carbocycles. The molecule has 3 aromatic rings. The first kappa shape index (κ1) is 22.5. The van der Waals surface area contributed by atoms with Crippen LogP contribution in [0.1, 0.15) is 40.2 Å². The van der Waals surface area contributed by atoms with Crippen molar-refractivity contribution in [2.24, 2.45) is 0 Å². The summed E-state index contributed by atoms with van der Waals surface area (Å²) in [4.78, 5) is 14.3. The molecule has 7 heteroatoms. The zero-order chi connectivity index (χ0) is 22.1. The van der Waals surface area contributed by atoms with Crippen LogP contribution >= 0.6 is 0 Å². The van der Waals surface area contributed by atoms with E-state index in [1.54, 1.807) is 18.0 Å². The minimum Gasteiger partial charge on any atom is -0.477 e. The number of benzene rings is 2. The average molecular weight is 423 g/mol. The number of aliphatic hydroxyl groups excluding tert-OH is 1. The van der Waals surface area contributed by atoms with Crippen LogP contribution in [0.5, 0.6) is 5.88 Å². The summed E-state index contributed by atoms with van der Waals surface area (Å²) in [5.41, 5.74) is 3.50. The summed E-state index contributed by atoms with van der Waals surface area (Å²) < 4.78 is 5.34. The molecule has 3 N–H and O–H groups in total. The van der Waals surface area contributed by atoms with Crippen molar-refractivity contribution in [2.75, 3.05) is 26.7 Å². The smallest absolute Gasteiger partial charge is 0.253 e. The summed E-state index contributed by atoms with van der Waals surface area (Å²) in [5.74, 6) is 0.482. The fraction of sp³-hybridized carbons (Fsp3) is 0.333. The van der Waals surface area contributed by atoms with Crippen molar-refractivity contribution in [2.45, 2.75) is 26.0 Å². The molecule has 0 spiro atoms. The molecular weight excluding hydrogens is 392 g/mol. The fourth-order valence-corrected chi connectivity index (χ4v) is 3.27. The van der Waals surface area contributed by atoms with E-state index in [2.05, 4.69) is 15.5 Å². The molecule has 0 radical (unpaired) electrons. The molecule has 3 rings (SSSR count). The molecule has 0 aliphatic rings. The van der Waals surface area contributed by atoms with Crippen LogP contribution in [0.25, 0.3) is 0 Å². The number of hydrogen-bond acceptors (Lipinski definition) is 5. The van der Waals surface area contributed by atoms with Crippen molar-refractivity contribution < 1.29 is 14.6 Å². The Morgan fingerprint density at radius 3 is 2.65 bits per heavy atom. The molecule has 0 fully saturated rings. The third-order valence-electron chi connectivity index (χ3n) is 4.97. The predicted octanol–water partition coefficient (Wildman–Crippen LogP) is 2.95. The van der Waals surface area contributed by atoms with E-state index in [4.69, 9.17) is 4.74 Å². The molecule has 1 unspecified atom stereocenters.